The van der Waals surface area contributed by atoms with Gasteiger partial charge < -0.3 is 14.8 Å². The summed E-state index contributed by atoms with van der Waals surface area (Å²) in [5.41, 5.74) is 1.74. The lowest BCUT2D eigenvalue weighted by Gasteiger charge is -2.15. The van der Waals surface area contributed by atoms with Crippen molar-refractivity contribution in [3.8, 4) is 11.5 Å². The number of carbonyl (C=O) groups is 2. The van der Waals surface area contributed by atoms with Gasteiger partial charge in [-0.1, -0.05) is 42.3 Å². The first kappa shape index (κ1) is 22.0. The van der Waals surface area contributed by atoms with Crippen LogP contribution in [0.1, 0.15) is 31.4 Å². The molecule has 30 heavy (non-hydrogen) atoms. The molecule has 8 heteroatoms. The van der Waals surface area contributed by atoms with Gasteiger partial charge in [-0.15, -0.1) is 0 Å². The second kappa shape index (κ2) is 9.87. The van der Waals surface area contributed by atoms with Gasteiger partial charge in [-0.05, 0) is 54.8 Å². The fraction of sp³-hybridized carbons (Fsp3) is 0.273. The van der Waals surface area contributed by atoms with Crippen LogP contribution in [0, 0.1) is 0 Å². The molecule has 0 bridgehead atoms. The van der Waals surface area contributed by atoms with Crippen molar-refractivity contribution in [1.82, 2.24) is 10.2 Å². The Morgan fingerprint density at radius 3 is 2.47 bits per heavy atom. The highest BCUT2D eigenvalue weighted by Crippen LogP contribution is 2.38. The first-order chi connectivity index (χ1) is 14.4. The number of hydrogen-bond acceptors (Lipinski definition) is 4. The molecule has 6 nitrogen and oxygen atoms in total. The molecule has 3 amide bonds. The first-order valence-electron chi connectivity index (χ1n) is 9.61. The van der Waals surface area contributed by atoms with Crippen LogP contribution in [-0.4, -0.2) is 30.0 Å². The smallest absolute Gasteiger partial charge is 0.329 e. The minimum Gasteiger partial charge on any atom is -0.490 e. The molecular weight excluding hydrogens is 427 g/mol. The van der Waals surface area contributed by atoms with Crippen molar-refractivity contribution in [2.45, 2.75) is 26.9 Å². The Kier molecular flexibility index (Phi) is 7.24. The van der Waals surface area contributed by atoms with Crippen LogP contribution in [0.2, 0.25) is 10.0 Å². The van der Waals surface area contributed by atoms with Crippen molar-refractivity contribution in [2.75, 3.05) is 13.2 Å². The van der Waals surface area contributed by atoms with Gasteiger partial charge in [-0.25, -0.2) is 4.79 Å². The molecule has 1 fully saturated rings. The standard InChI is InChI=1S/C22H22Cl2N2O4/c1-3-9-26-21(27)18(25-22(26)28)11-15-10-17(24)20(19(12-15)29-4-2)30-13-14-5-7-16(23)8-6-14/h5-8,10-12H,3-4,9,13H2,1-2H3,(H,25,28)/b18-11+. The Morgan fingerprint density at radius 2 is 1.80 bits per heavy atom. The van der Waals surface area contributed by atoms with E-state index in [4.69, 9.17) is 32.7 Å². The second-order valence-corrected chi connectivity index (χ2v) is 7.47. The summed E-state index contributed by atoms with van der Waals surface area (Å²) in [7, 11) is 0. The number of nitrogens with zero attached hydrogens (tertiary/aromatic N) is 1. The van der Waals surface area contributed by atoms with E-state index in [2.05, 4.69) is 5.32 Å². The average Bonchev–Trinajstić information content (AvgIpc) is 2.97. The molecule has 0 atom stereocenters. The Balaban J connectivity index is 1.85. The normalized spacial score (nSPS) is 14.9. The average molecular weight is 449 g/mol. The SMILES string of the molecule is CCCN1C(=O)N/C(=C/c2cc(Cl)c(OCc3ccc(Cl)cc3)c(OCC)c2)C1=O. The maximum absolute atomic E-state index is 12.4. The largest absolute Gasteiger partial charge is 0.490 e. The number of urea groups is 1. The topological polar surface area (TPSA) is 67.9 Å². The Bertz CT molecular complexity index is 974. The molecule has 0 aromatic heterocycles. The number of halogens is 2. The number of amides is 3. The van der Waals surface area contributed by atoms with Crippen LogP contribution in [0.3, 0.4) is 0 Å². The second-order valence-electron chi connectivity index (χ2n) is 6.62. The van der Waals surface area contributed by atoms with Gasteiger partial charge in [0.2, 0.25) is 0 Å². The summed E-state index contributed by atoms with van der Waals surface area (Å²) in [5, 5.41) is 3.58. The third kappa shape index (κ3) is 5.07. The lowest BCUT2D eigenvalue weighted by Crippen LogP contribution is -2.31. The minimum absolute atomic E-state index is 0.196. The number of carbonyl (C=O) groups excluding carboxylic acids is 2. The molecule has 1 saturated heterocycles. The van der Waals surface area contributed by atoms with E-state index < -0.39 is 6.03 Å². The van der Waals surface area contributed by atoms with Crippen LogP contribution in [0.15, 0.2) is 42.1 Å². The maximum atomic E-state index is 12.4. The molecular formula is C22H22Cl2N2O4. The van der Waals surface area contributed by atoms with Crippen molar-refractivity contribution in [3.05, 3.63) is 63.3 Å². The van der Waals surface area contributed by atoms with E-state index in [9.17, 15) is 9.59 Å². The van der Waals surface area contributed by atoms with E-state index in [0.717, 1.165) is 5.56 Å². The number of rotatable bonds is 8. The summed E-state index contributed by atoms with van der Waals surface area (Å²) in [6.07, 6.45) is 2.26. The highest BCUT2D eigenvalue weighted by molar-refractivity contribution is 6.32. The molecule has 2 aromatic carbocycles. The molecule has 1 heterocycles. The molecule has 1 aliphatic heterocycles. The lowest BCUT2D eigenvalue weighted by atomic mass is 10.1. The maximum Gasteiger partial charge on any atom is 0.329 e. The minimum atomic E-state index is -0.424. The first-order valence-corrected chi connectivity index (χ1v) is 10.4. The summed E-state index contributed by atoms with van der Waals surface area (Å²) in [5.74, 6) is 0.497. The predicted octanol–water partition coefficient (Wildman–Crippen LogP) is 5.27. The summed E-state index contributed by atoms with van der Waals surface area (Å²) in [4.78, 5) is 25.6. The van der Waals surface area contributed by atoms with Crippen molar-refractivity contribution >= 4 is 41.2 Å². The zero-order valence-electron chi connectivity index (χ0n) is 16.7. The quantitative estimate of drug-likeness (QED) is 0.440. The van der Waals surface area contributed by atoms with Gasteiger partial charge in [0.05, 0.1) is 11.6 Å². The van der Waals surface area contributed by atoms with Crippen LogP contribution in [0.25, 0.3) is 6.08 Å². The van der Waals surface area contributed by atoms with Gasteiger partial charge in [-0.3, -0.25) is 9.69 Å². The van der Waals surface area contributed by atoms with Gasteiger partial charge >= 0.3 is 6.03 Å². The van der Waals surface area contributed by atoms with Gasteiger partial charge in [0, 0.05) is 11.6 Å². The summed E-state index contributed by atoms with van der Waals surface area (Å²) in [6.45, 7) is 4.82. The Morgan fingerprint density at radius 1 is 1.07 bits per heavy atom. The van der Waals surface area contributed by atoms with Crippen LogP contribution in [-0.2, 0) is 11.4 Å². The molecule has 1 aliphatic rings. The highest BCUT2D eigenvalue weighted by atomic mass is 35.5. The van der Waals surface area contributed by atoms with Crippen LogP contribution in [0.5, 0.6) is 11.5 Å². The number of imide groups is 1. The van der Waals surface area contributed by atoms with E-state index in [1.165, 1.54) is 4.90 Å². The molecule has 0 unspecified atom stereocenters. The molecule has 0 radical (unpaired) electrons. The van der Waals surface area contributed by atoms with E-state index in [0.29, 0.717) is 46.7 Å². The molecule has 0 saturated carbocycles. The fourth-order valence-corrected chi connectivity index (χ4v) is 3.38. The van der Waals surface area contributed by atoms with Crippen molar-refractivity contribution in [3.63, 3.8) is 0 Å². The lowest BCUT2D eigenvalue weighted by molar-refractivity contribution is -0.122. The summed E-state index contributed by atoms with van der Waals surface area (Å²) < 4.78 is 11.6. The molecule has 0 aliphatic carbocycles. The van der Waals surface area contributed by atoms with Crippen LogP contribution >= 0.6 is 23.2 Å². The monoisotopic (exact) mass is 448 g/mol. The summed E-state index contributed by atoms with van der Waals surface area (Å²) >= 11 is 12.4. The third-order valence-corrected chi connectivity index (χ3v) is 4.88. The highest BCUT2D eigenvalue weighted by Gasteiger charge is 2.32. The predicted molar refractivity (Wildman–Crippen MR) is 117 cm³/mol. The Labute approximate surface area is 185 Å². The fourth-order valence-electron chi connectivity index (χ4n) is 2.98. The van der Waals surface area contributed by atoms with E-state index in [1.54, 1.807) is 30.3 Å². The number of benzene rings is 2. The van der Waals surface area contributed by atoms with Gasteiger partial charge in [0.15, 0.2) is 11.5 Å². The molecule has 2 aromatic rings. The zero-order valence-corrected chi connectivity index (χ0v) is 18.2. The molecule has 158 valence electrons. The Hall–Kier alpha value is -2.70. The van der Waals surface area contributed by atoms with Crippen LogP contribution < -0.4 is 14.8 Å². The van der Waals surface area contributed by atoms with Gasteiger partial charge in [-0.2, -0.15) is 0 Å². The molecule has 1 N–H and O–H groups in total. The van der Waals surface area contributed by atoms with E-state index in [1.807, 2.05) is 26.0 Å². The van der Waals surface area contributed by atoms with Crippen molar-refractivity contribution < 1.29 is 19.1 Å². The van der Waals surface area contributed by atoms with E-state index in [-0.39, 0.29) is 18.2 Å². The van der Waals surface area contributed by atoms with Crippen molar-refractivity contribution in [1.29, 1.82) is 0 Å². The number of nitrogens with one attached hydrogen (secondary N) is 1. The zero-order chi connectivity index (χ0) is 21.7. The number of ether oxygens (including phenoxy) is 2. The van der Waals surface area contributed by atoms with Crippen LogP contribution in [0.4, 0.5) is 4.79 Å². The number of hydrogen-bond donors (Lipinski definition) is 1. The van der Waals surface area contributed by atoms with Gasteiger partial charge in [0.25, 0.3) is 5.91 Å². The summed E-state index contributed by atoms with van der Waals surface area (Å²) in [6, 6.07) is 10.3. The van der Waals surface area contributed by atoms with Gasteiger partial charge in [0.1, 0.15) is 12.3 Å². The third-order valence-electron chi connectivity index (χ3n) is 4.35. The molecule has 0 spiro atoms. The molecule has 3 rings (SSSR count). The van der Waals surface area contributed by atoms with Crippen molar-refractivity contribution in [2.24, 2.45) is 0 Å². The van der Waals surface area contributed by atoms with E-state index >= 15 is 0 Å².